The molecule has 1 nitrogen and oxygen atoms in total. The van der Waals surface area contributed by atoms with Gasteiger partial charge in [0.2, 0.25) is 0 Å². The van der Waals surface area contributed by atoms with Crippen molar-refractivity contribution in [2.24, 2.45) is 10.8 Å². The maximum atomic E-state index is 10.0. The van der Waals surface area contributed by atoms with Gasteiger partial charge in [0.1, 0.15) is 5.75 Å². The molecular formula is C24H42O. The standard InChI is InChI=1S/C24H42O/c1-23(2,3)15-11-8-7-9-13-20-17-21(19-22(25)18-20)14-10-12-16-24(4,5)6/h17-19,25H,7-16H2,1-6H3. The summed E-state index contributed by atoms with van der Waals surface area (Å²) in [6, 6.07) is 6.21. The van der Waals surface area contributed by atoms with E-state index in [9.17, 15) is 5.11 Å². The molecule has 0 unspecified atom stereocenters. The monoisotopic (exact) mass is 346 g/mol. The quantitative estimate of drug-likeness (QED) is 0.430. The molecule has 0 amide bonds. The fourth-order valence-electron chi connectivity index (χ4n) is 3.35. The second kappa shape index (κ2) is 10.2. The lowest BCUT2D eigenvalue weighted by Gasteiger charge is -2.17. The van der Waals surface area contributed by atoms with Gasteiger partial charge in [0.05, 0.1) is 0 Å². The summed E-state index contributed by atoms with van der Waals surface area (Å²) in [4.78, 5) is 0. The van der Waals surface area contributed by atoms with Gasteiger partial charge >= 0.3 is 0 Å². The van der Waals surface area contributed by atoms with Crippen LogP contribution in [0.25, 0.3) is 0 Å². The molecule has 0 bridgehead atoms. The van der Waals surface area contributed by atoms with Crippen molar-refractivity contribution < 1.29 is 5.11 Å². The molecule has 0 fully saturated rings. The lowest BCUT2D eigenvalue weighted by molar-refractivity contribution is 0.357. The highest BCUT2D eigenvalue weighted by Gasteiger charge is 2.10. The Kier molecular flexibility index (Phi) is 9.03. The van der Waals surface area contributed by atoms with Crippen LogP contribution in [-0.4, -0.2) is 5.11 Å². The van der Waals surface area contributed by atoms with Gasteiger partial charge in [0, 0.05) is 0 Å². The summed E-state index contributed by atoms with van der Waals surface area (Å²) in [7, 11) is 0. The van der Waals surface area contributed by atoms with Crippen LogP contribution in [0.3, 0.4) is 0 Å². The third-order valence-corrected chi connectivity index (χ3v) is 4.82. The molecule has 0 spiro atoms. The maximum absolute atomic E-state index is 10.0. The van der Waals surface area contributed by atoms with Crippen LogP contribution in [0, 0.1) is 10.8 Å². The van der Waals surface area contributed by atoms with Gasteiger partial charge in [-0.05, 0) is 72.6 Å². The Labute approximate surface area is 157 Å². The summed E-state index contributed by atoms with van der Waals surface area (Å²) in [5.74, 6) is 0.441. The average molecular weight is 347 g/mol. The number of rotatable bonds is 10. The summed E-state index contributed by atoms with van der Waals surface area (Å²) in [6.45, 7) is 13.9. The number of aromatic hydroxyl groups is 1. The predicted octanol–water partition coefficient (Wildman–Crippen LogP) is 7.69. The molecule has 0 saturated heterocycles. The Bertz CT molecular complexity index is 488. The highest BCUT2D eigenvalue weighted by molar-refractivity contribution is 5.33. The zero-order valence-electron chi connectivity index (χ0n) is 17.8. The zero-order chi connectivity index (χ0) is 18.9. The first-order valence-electron chi connectivity index (χ1n) is 10.4. The van der Waals surface area contributed by atoms with Crippen LogP contribution < -0.4 is 0 Å². The van der Waals surface area contributed by atoms with E-state index in [1.807, 2.05) is 12.1 Å². The fraction of sp³-hybridized carbons (Fsp3) is 0.750. The third kappa shape index (κ3) is 12.1. The van der Waals surface area contributed by atoms with Crippen LogP contribution in [-0.2, 0) is 12.8 Å². The van der Waals surface area contributed by atoms with E-state index in [0.29, 0.717) is 16.6 Å². The largest absolute Gasteiger partial charge is 0.508 e. The van der Waals surface area contributed by atoms with Crippen molar-refractivity contribution in [2.75, 3.05) is 0 Å². The van der Waals surface area contributed by atoms with Crippen molar-refractivity contribution in [3.8, 4) is 5.75 Å². The lowest BCUT2D eigenvalue weighted by atomic mass is 9.89. The van der Waals surface area contributed by atoms with Crippen molar-refractivity contribution in [2.45, 2.75) is 106 Å². The Morgan fingerprint density at radius 3 is 1.48 bits per heavy atom. The second-order valence-electron chi connectivity index (χ2n) is 10.3. The molecule has 0 radical (unpaired) electrons. The molecule has 0 aliphatic rings. The average Bonchev–Trinajstić information content (AvgIpc) is 2.45. The molecule has 144 valence electrons. The first-order valence-corrected chi connectivity index (χ1v) is 10.4. The van der Waals surface area contributed by atoms with E-state index in [1.54, 1.807) is 0 Å². The lowest BCUT2D eigenvalue weighted by Crippen LogP contribution is -2.04. The Morgan fingerprint density at radius 2 is 1.00 bits per heavy atom. The van der Waals surface area contributed by atoms with Gasteiger partial charge in [-0.1, -0.05) is 73.3 Å². The van der Waals surface area contributed by atoms with Gasteiger partial charge in [0.15, 0.2) is 0 Å². The summed E-state index contributed by atoms with van der Waals surface area (Å²) in [5.41, 5.74) is 3.50. The molecule has 0 aromatic heterocycles. The normalized spacial score (nSPS) is 12.6. The Morgan fingerprint density at radius 1 is 0.600 bits per heavy atom. The van der Waals surface area contributed by atoms with Crippen molar-refractivity contribution in [1.29, 1.82) is 0 Å². The number of hydrogen-bond donors (Lipinski definition) is 1. The van der Waals surface area contributed by atoms with Gasteiger partial charge in [-0.15, -0.1) is 0 Å². The minimum absolute atomic E-state index is 0.428. The van der Waals surface area contributed by atoms with E-state index in [0.717, 1.165) is 12.8 Å². The number of phenolic OH excluding ortho intramolecular Hbond substituents is 1. The van der Waals surface area contributed by atoms with Crippen LogP contribution in [0.15, 0.2) is 18.2 Å². The van der Waals surface area contributed by atoms with E-state index >= 15 is 0 Å². The second-order valence-corrected chi connectivity index (χ2v) is 10.3. The molecule has 1 N–H and O–H groups in total. The van der Waals surface area contributed by atoms with E-state index < -0.39 is 0 Å². The molecule has 1 heteroatoms. The highest BCUT2D eigenvalue weighted by atomic mass is 16.3. The maximum Gasteiger partial charge on any atom is 0.116 e. The summed E-state index contributed by atoms with van der Waals surface area (Å²) in [5, 5.41) is 10.0. The van der Waals surface area contributed by atoms with Crippen LogP contribution in [0.1, 0.15) is 104 Å². The SMILES string of the molecule is CC(C)(C)CCCCCCc1cc(O)cc(CCCCC(C)(C)C)c1. The summed E-state index contributed by atoms with van der Waals surface area (Å²) < 4.78 is 0. The van der Waals surface area contributed by atoms with Crippen molar-refractivity contribution in [3.63, 3.8) is 0 Å². The highest BCUT2D eigenvalue weighted by Crippen LogP contribution is 2.25. The summed E-state index contributed by atoms with van der Waals surface area (Å²) in [6.07, 6.45) is 12.4. The van der Waals surface area contributed by atoms with Gasteiger partial charge in [-0.25, -0.2) is 0 Å². The Hall–Kier alpha value is -0.980. The molecule has 1 aromatic rings. The molecule has 0 heterocycles. The zero-order valence-corrected chi connectivity index (χ0v) is 17.8. The predicted molar refractivity (Wildman–Crippen MR) is 111 cm³/mol. The first kappa shape index (κ1) is 22.1. The Balaban J connectivity index is 2.32. The van der Waals surface area contributed by atoms with E-state index in [-0.39, 0.29) is 0 Å². The number of phenols is 1. The molecule has 0 saturated carbocycles. The third-order valence-electron chi connectivity index (χ3n) is 4.82. The smallest absolute Gasteiger partial charge is 0.116 e. The number of hydrogen-bond acceptors (Lipinski definition) is 1. The number of benzene rings is 1. The van der Waals surface area contributed by atoms with Crippen molar-refractivity contribution in [3.05, 3.63) is 29.3 Å². The molecule has 25 heavy (non-hydrogen) atoms. The first-order chi connectivity index (χ1) is 11.6. The fourth-order valence-corrected chi connectivity index (χ4v) is 3.35. The molecule has 0 aliphatic carbocycles. The molecule has 1 rings (SSSR count). The van der Waals surface area contributed by atoms with E-state index in [4.69, 9.17) is 0 Å². The minimum atomic E-state index is 0.428. The number of aryl methyl sites for hydroxylation is 2. The van der Waals surface area contributed by atoms with E-state index in [2.05, 4.69) is 47.6 Å². The van der Waals surface area contributed by atoms with E-state index in [1.165, 1.54) is 62.5 Å². The minimum Gasteiger partial charge on any atom is -0.508 e. The molecule has 1 aromatic carbocycles. The van der Waals surface area contributed by atoms with Crippen LogP contribution >= 0.6 is 0 Å². The number of unbranched alkanes of at least 4 members (excludes halogenated alkanes) is 4. The van der Waals surface area contributed by atoms with Gasteiger partial charge < -0.3 is 5.11 Å². The molecular weight excluding hydrogens is 304 g/mol. The van der Waals surface area contributed by atoms with Crippen LogP contribution in [0.5, 0.6) is 5.75 Å². The van der Waals surface area contributed by atoms with Gasteiger partial charge in [-0.2, -0.15) is 0 Å². The molecule has 0 aliphatic heterocycles. The van der Waals surface area contributed by atoms with Gasteiger partial charge in [0.25, 0.3) is 0 Å². The summed E-state index contributed by atoms with van der Waals surface area (Å²) >= 11 is 0. The van der Waals surface area contributed by atoms with Crippen LogP contribution in [0.4, 0.5) is 0 Å². The van der Waals surface area contributed by atoms with Crippen LogP contribution in [0.2, 0.25) is 0 Å². The topological polar surface area (TPSA) is 20.2 Å². The van der Waals surface area contributed by atoms with Crippen molar-refractivity contribution >= 4 is 0 Å². The molecule has 0 atom stereocenters. The van der Waals surface area contributed by atoms with Crippen molar-refractivity contribution in [1.82, 2.24) is 0 Å². The van der Waals surface area contributed by atoms with Gasteiger partial charge in [-0.3, -0.25) is 0 Å².